The minimum absolute atomic E-state index is 0.630. The second-order valence-corrected chi connectivity index (χ2v) is 1.22. The highest BCUT2D eigenvalue weighted by atomic mass is 35.5. The zero-order valence-corrected chi connectivity index (χ0v) is 4.96. The van der Waals surface area contributed by atoms with Gasteiger partial charge in [0, 0.05) is 12.2 Å². The molecule has 0 rings (SSSR count). The van der Waals surface area contributed by atoms with Gasteiger partial charge in [-0.2, -0.15) is 0 Å². The Hall–Kier alpha value is -1.03. The van der Waals surface area contributed by atoms with Crippen molar-refractivity contribution in [3.63, 3.8) is 0 Å². The van der Waals surface area contributed by atoms with Crippen LogP contribution >= 0.6 is 11.9 Å². The van der Waals surface area contributed by atoms with Crippen molar-refractivity contribution in [2.75, 3.05) is 0 Å². The van der Waals surface area contributed by atoms with Crippen LogP contribution in [-0.2, 0) is 13.9 Å². The molecule has 1 N–H and O–H groups in total. The molecule has 0 aliphatic heterocycles. The van der Waals surface area contributed by atoms with Crippen LogP contribution in [0.3, 0.4) is 0 Å². The Balaban J connectivity index is 3.71. The van der Waals surface area contributed by atoms with Gasteiger partial charge in [-0.3, -0.25) is 0 Å². The molecule has 4 nitrogen and oxygen atoms in total. The molecule has 0 fully saturated rings. The third-order valence-electron chi connectivity index (χ3n) is 0.438. The molecule has 0 aliphatic carbocycles. The molecule has 0 saturated heterocycles. The summed E-state index contributed by atoms with van der Waals surface area (Å²) >= 11 is 4.54. The molecular weight excluding hydrogens is 147 g/mol. The van der Waals surface area contributed by atoms with Crippen molar-refractivity contribution >= 4 is 23.8 Å². The molecule has 0 amide bonds. The number of carbonyl (C=O) groups is 2. The number of carboxylic acid groups (broad SMARTS) is 1. The molecule has 0 aromatic rings. The Bertz CT molecular complexity index is 151. The van der Waals surface area contributed by atoms with Crippen LogP contribution < -0.4 is 0 Å². The summed E-state index contributed by atoms with van der Waals surface area (Å²) in [5.41, 5.74) is 0. The number of halogens is 1. The molecule has 5 heteroatoms. The molecule has 0 atom stereocenters. The average Bonchev–Trinajstić information content (AvgIpc) is 1.83. The van der Waals surface area contributed by atoms with Gasteiger partial charge in [-0.1, -0.05) is 0 Å². The van der Waals surface area contributed by atoms with Crippen molar-refractivity contribution in [2.24, 2.45) is 0 Å². The second-order valence-electron chi connectivity index (χ2n) is 1.07. The summed E-state index contributed by atoms with van der Waals surface area (Å²) in [6.07, 6.45) is 1.33. The summed E-state index contributed by atoms with van der Waals surface area (Å²) in [7, 11) is 0. The molecule has 0 aliphatic rings. The van der Waals surface area contributed by atoms with Gasteiger partial charge in [-0.25, -0.2) is 9.59 Å². The lowest BCUT2D eigenvalue weighted by atomic mass is 10.5. The Morgan fingerprint density at radius 1 is 1.44 bits per heavy atom. The van der Waals surface area contributed by atoms with E-state index in [1.54, 1.807) is 0 Å². The summed E-state index contributed by atoms with van der Waals surface area (Å²) in [6, 6.07) is 0. The van der Waals surface area contributed by atoms with Crippen molar-refractivity contribution in [2.45, 2.75) is 0 Å². The van der Waals surface area contributed by atoms with E-state index in [4.69, 9.17) is 5.11 Å². The van der Waals surface area contributed by atoms with Crippen LogP contribution in [0.1, 0.15) is 0 Å². The van der Waals surface area contributed by atoms with Gasteiger partial charge in [0.1, 0.15) is 11.9 Å². The summed E-state index contributed by atoms with van der Waals surface area (Å²) in [5, 5.41) is 7.92. The molecule has 50 valence electrons. The van der Waals surface area contributed by atoms with Gasteiger partial charge in [-0.05, 0) is 0 Å². The lowest BCUT2D eigenvalue weighted by Crippen LogP contribution is -1.93. The number of hydrogen-bond donors (Lipinski definition) is 1. The SMILES string of the molecule is O=C(O)/C=C\C(=O)OCl. The molecule has 0 aromatic carbocycles. The minimum Gasteiger partial charge on any atom is -0.478 e. The van der Waals surface area contributed by atoms with Gasteiger partial charge in [-0.15, -0.1) is 0 Å². The maximum absolute atomic E-state index is 10.0. The molecule has 0 heterocycles. The molecule has 0 radical (unpaired) electrons. The minimum atomic E-state index is -1.22. The van der Waals surface area contributed by atoms with E-state index in [-0.39, 0.29) is 0 Å². The van der Waals surface area contributed by atoms with Crippen LogP contribution in [0, 0.1) is 0 Å². The van der Waals surface area contributed by atoms with E-state index in [1.165, 1.54) is 0 Å². The maximum Gasteiger partial charge on any atom is 0.349 e. The number of aliphatic carboxylic acids is 1. The van der Waals surface area contributed by atoms with Crippen LogP contribution in [-0.4, -0.2) is 17.0 Å². The third kappa shape index (κ3) is 4.83. The van der Waals surface area contributed by atoms with Crippen molar-refractivity contribution in [3.05, 3.63) is 12.2 Å². The van der Waals surface area contributed by atoms with Crippen molar-refractivity contribution in [1.29, 1.82) is 0 Å². The first kappa shape index (κ1) is 7.97. The zero-order chi connectivity index (χ0) is 7.28. The van der Waals surface area contributed by atoms with Gasteiger partial charge in [0.2, 0.25) is 0 Å². The van der Waals surface area contributed by atoms with Crippen molar-refractivity contribution in [3.8, 4) is 0 Å². The van der Waals surface area contributed by atoms with E-state index in [9.17, 15) is 9.59 Å². The maximum atomic E-state index is 10.0. The Morgan fingerprint density at radius 2 is 2.00 bits per heavy atom. The van der Waals surface area contributed by atoms with E-state index < -0.39 is 11.9 Å². The lowest BCUT2D eigenvalue weighted by Gasteiger charge is -1.81. The fourth-order valence-corrected chi connectivity index (χ4v) is 0.216. The van der Waals surface area contributed by atoms with Crippen molar-refractivity contribution in [1.82, 2.24) is 0 Å². The Labute approximate surface area is 55.9 Å². The average molecular weight is 151 g/mol. The topological polar surface area (TPSA) is 63.6 Å². The molecule has 0 spiro atoms. The normalized spacial score (nSPS) is 9.44. The van der Waals surface area contributed by atoms with Crippen LogP contribution in [0.2, 0.25) is 0 Å². The van der Waals surface area contributed by atoms with E-state index in [0.29, 0.717) is 12.2 Å². The van der Waals surface area contributed by atoms with Gasteiger partial charge in [0.15, 0.2) is 0 Å². The molecule has 0 saturated carbocycles. The number of carbonyl (C=O) groups excluding carboxylic acids is 1. The predicted octanol–water partition coefficient (Wildman–Crippen LogP) is 0.324. The number of rotatable bonds is 2. The fraction of sp³-hybridized carbons (Fsp3) is 0. The Morgan fingerprint density at radius 3 is 2.33 bits per heavy atom. The van der Waals surface area contributed by atoms with E-state index in [1.807, 2.05) is 0 Å². The standard InChI is InChI=1S/C4H3ClO4/c5-9-4(8)2-1-3(6)7/h1-2H,(H,6,7)/b2-1-. The molecule has 0 unspecified atom stereocenters. The quantitative estimate of drug-likeness (QED) is 0.576. The van der Waals surface area contributed by atoms with E-state index >= 15 is 0 Å². The zero-order valence-electron chi connectivity index (χ0n) is 4.20. The highest BCUT2D eigenvalue weighted by molar-refractivity contribution is 6.15. The van der Waals surface area contributed by atoms with Crippen LogP contribution in [0.25, 0.3) is 0 Å². The predicted molar refractivity (Wildman–Crippen MR) is 28.7 cm³/mol. The first-order chi connectivity index (χ1) is 4.16. The number of carboxylic acids is 1. The summed E-state index contributed by atoms with van der Waals surface area (Å²) in [6.45, 7) is 0. The molecule has 0 aromatic heterocycles. The highest BCUT2D eigenvalue weighted by Crippen LogP contribution is 1.83. The monoisotopic (exact) mass is 150 g/mol. The first-order valence-electron chi connectivity index (χ1n) is 1.90. The summed E-state index contributed by atoms with van der Waals surface area (Å²) < 4.78 is 3.58. The summed E-state index contributed by atoms with van der Waals surface area (Å²) in [5.74, 6) is -2.13. The van der Waals surface area contributed by atoms with Gasteiger partial charge in [0.05, 0.1) is 0 Å². The fourth-order valence-electron chi connectivity index (χ4n) is 0.165. The largest absolute Gasteiger partial charge is 0.478 e. The van der Waals surface area contributed by atoms with E-state index in [0.717, 1.165) is 0 Å². The molecular formula is C4H3ClO4. The Kier molecular flexibility index (Phi) is 3.46. The van der Waals surface area contributed by atoms with Crippen LogP contribution in [0.15, 0.2) is 12.2 Å². The second kappa shape index (κ2) is 3.91. The third-order valence-corrected chi connectivity index (χ3v) is 0.590. The molecule has 9 heavy (non-hydrogen) atoms. The van der Waals surface area contributed by atoms with Crippen LogP contribution in [0.4, 0.5) is 0 Å². The van der Waals surface area contributed by atoms with Crippen molar-refractivity contribution < 1.29 is 19.0 Å². The van der Waals surface area contributed by atoms with Gasteiger partial charge >= 0.3 is 11.9 Å². The first-order valence-corrected chi connectivity index (χ1v) is 2.21. The van der Waals surface area contributed by atoms with E-state index in [2.05, 4.69) is 16.2 Å². The highest BCUT2D eigenvalue weighted by Gasteiger charge is 1.93. The van der Waals surface area contributed by atoms with Gasteiger partial charge in [0.25, 0.3) is 0 Å². The summed E-state index contributed by atoms with van der Waals surface area (Å²) in [4.78, 5) is 19.7. The smallest absolute Gasteiger partial charge is 0.349 e. The van der Waals surface area contributed by atoms with Gasteiger partial charge < -0.3 is 9.40 Å². The lowest BCUT2D eigenvalue weighted by molar-refractivity contribution is -0.133. The number of hydrogen-bond acceptors (Lipinski definition) is 3. The van der Waals surface area contributed by atoms with Crippen LogP contribution in [0.5, 0.6) is 0 Å². The molecule has 0 bridgehead atoms.